The number of hydrogen-bond acceptors (Lipinski definition) is 2. The summed E-state index contributed by atoms with van der Waals surface area (Å²) in [7, 11) is 0. The van der Waals surface area contributed by atoms with Crippen molar-refractivity contribution in [1.29, 1.82) is 0 Å². The van der Waals surface area contributed by atoms with Gasteiger partial charge in [0.05, 0.1) is 5.56 Å². The first-order valence-corrected chi connectivity index (χ1v) is 6.96. The molecule has 3 nitrogen and oxygen atoms in total. The van der Waals surface area contributed by atoms with E-state index in [1.165, 1.54) is 19.1 Å². The highest BCUT2D eigenvalue weighted by atomic mass is 19.4. The Balaban J connectivity index is 2.26. The van der Waals surface area contributed by atoms with Gasteiger partial charge in [0, 0.05) is 0 Å². The normalized spacial score (nSPS) is 18.9. The lowest BCUT2D eigenvalue weighted by atomic mass is 9.83. The quantitative estimate of drug-likeness (QED) is 0.878. The van der Waals surface area contributed by atoms with Crippen molar-refractivity contribution in [2.75, 3.05) is 6.54 Å². The van der Waals surface area contributed by atoms with E-state index < -0.39 is 23.2 Å². The SMILES string of the molecule is C[C@](NCC1CCC1)(C(N)=O)c1cccc(C(F)(F)F)c1. The zero-order valence-corrected chi connectivity index (χ0v) is 11.8. The molecule has 1 saturated carbocycles. The lowest BCUT2D eigenvalue weighted by Gasteiger charge is -2.33. The number of primary amides is 1. The Morgan fingerprint density at radius 3 is 2.43 bits per heavy atom. The average molecular weight is 300 g/mol. The molecule has 1 aliphatic rings. The number of nitrogens with one attached hydrogen (secondary N) is 1. The van der Waals surface area contributed by atoms with Crippen LogP contribution in [0.25, 0.3) is 0 Å². The number of amides is 1. The van der Waals surface area contributed by atoms with Gasteiger partial charge < -0.3 is 5.73 Å². The highest BCUT2D eigenvalue weighted by Crippen LogP contribution is 2.33. The molecule has 1 aliphatic carbocycles. The average Bonchev–Trinajstić information content (AvgIpc) is 2.35. The number of halogens is 3. The summed E-state index contributed by atoms with van der Waals surface area (Å²) < 4.78 is 38.4. The molecule has 0 aromatic heterocycles. The number of hydrogen-bond donors (Lipinski definition) is 2. The van der Waals surface area contributed by atoms with Crippen molar-refractivity contribution in [2.45, 2.75) is 37.9 Å². The Morgan fingerprint density at radius 2 is 1.95 bits per heavy atom. The monoisotopic (exact) mass is 300 g/mol. The van der Waals surface area contributed by atoms with Gasteiger partial charge in [-0.05, 0) is 49.9 Å². The fraction of sp³-hybridized carbons (Fsp3) is 0.533. The highest BCUT2D eigenvalue weighted by molar-refractivity contribution is 5.85. The standard InChI is InChI=1S/C15H19F3N2O/c1-14(13(19)21,20-9-10-4-2-5-10)11-6-3-7-12(8-11)15(16,17)18/h3,6-8,10,20H,2,4-5,9H2,1H3,(H2,19,21)/t14-/m1/s1. The number of carbonyl (C=O) groups excluding carboxylic acids is 1. The topological polar surface area (TPSA) is 55.1 Å². The number of alkyl halides is 3. The molecular weight excluding hydrogens is 281 g/mol. The maximum absolute atomic E-state index is 12.8. The van der Waals surface area contributed by atoms with Crippen molar-refractivity contribution < 1.29 is 18.0 Å². The van der Waals surface area contributed by atoms with E-state index in [4.69, 9.17) is 5.73 Å². The predicted octanol–water partition coefficient (Wildman–Crippen LogP) is 2.80. The molecule has 21 heavy (non-hydrogen) atoms. The van der Waals surface area contributed by atoms with E-state index in [1.54, 1.807) is 0 Å². The van der Waals surface area contributed by atoms with Gasteiger partial charge in [0.15, 0.2) is 0 Å². The second-order valence-corrected chi connectivity index (χ2v) is 5.75. The summed E-state index contributed by atoms with van der Waals surface area (Å²) in [4.78, 5) is 11.8. The minimum atomic E-state index is -4.44. The Labute approximate surface area is 121 Å². The molecule has 0 aliphatic heterocycles. The molecule has 0 radical (unpaired) electrons. The maximum atomic E-state index is 12.8. The Hall–Kier alpha value is -1.56. The molecular formula is C15H19F3N2O. The second-order valence-electron chi connectivity index (χ2n) is 5.75. The van der Waals surface area contributed by atoms with Gasteiger partial charge in [-0.3, -0.25) is 10.1 Å². The van der Waals surface area contributed by atoms with Gasteiger partial charge in [0.25, 0.3) is 0 Å². The van der Waals surface area contributed by atoms with Crippen LogP contribution in [-0.4, -0.2) is 12.5 Å². The van der Waals surface area contributed by atoms with Crippen molar-refractivity contribution in [3.63, 3.8) is 0 Å². The van der Waals surface area contributed by atoms with Crippen LogP contribution in [0.1, 0.15) is 37.3 Å². The van der Waals surface area contributed by atoms with Gasteiger partial charge in [0.2, 0.25) is 5.91 Å². The second kappa shape index (κ2) is 5.67. The van der Waals surface area contributed by atoms with E-state index in [2.05, 4.69) is 5.32 Å². The summed E-state index contributed by atoms with van der Waals surface area (Å²) in [6, 6.07) is 4.76. The van der Waals surface area contributed by atoms with E-state index in [0.717, 1.165) is 31.4 Å². The summed E-state index contributed by atoms with van der Waals surface area (Å²) >= 11 is 0. The lowest BCUT2D eigenvalue weighted by molar-refractivity contribution is -0.138. The van der Waals surface area contributed by atoms with Gasteiger partial charge in [-0.1, -0.05) is 18.6 Å². The highest BCUT2D eigenvalue weighted by Gasteiger charge is 2.37. The van der Waals surface area contributed by atoms with Crippen LogP contribution in [0.15, 0.2) is 24.3 Å². The predicted molar refractivity (Wildman–Crippen MR) is 73.3 cm³/mol. The van der Waals surface area contributed by atoms with Crippen LogP contribution in [0, 0.1) is 5.92 Å². The molecule has 0 bridgehead atoms. The largest absolute Gasteiger partial charge is 0.416 e. The van der Waals surface area contributed by atoms with Gasteiger partial charge in [-0.2, -0.15) is 13.2 Å². The van der Waals surface area contributed by atoms with Gasteiger partial charge >= 0.3 is 6.18 Å². The molecule has 3 N–H and O–H groups in total. The van der Waals surface area contributed by atoms with E-state index in [1.807, 2.05) is 0 Å². The third-order valence-corrected chi connectivity index (χ3v) is 4.23. The third kappa shape index (κ3) is 3.37. The molecule has 0 heterocycles. The molecule has 2 rings (SSSR count). The smallest absolute Gasteiger partial charge is 0.368 e. The summed E-state index contributed by atoms with van der Waals surface area (Å²) in [6.07, 6.45) is -1.14. The van der Waals surface area contributed by atoms with Crippen molar-refractivity contribution in [2.24, 2.45) is 11.7 Å². The molecule has 1 atom stereocenters. The molecule has 1 aromatic carbocycles. The summed E-state index contributed by atoms with van der Waals surface area (Å²) in [5.41, 5.74) is 3.59. The zero-order chi connectivity index (χ0) is 15.7. The lowest BCUT2D eigenvalue weighted by Crippen LogP contribution is -2.52. The van der Waals surface area contributed by atoms with Crippen LogP contribution >= 0.6 is 0 Å². The molecule has 116 valence electrons. The zero-order valence-electron chi connectivity index (χ0n) is 11.8. The maximum Gasteiger partial charge on any atom is 0.416 e. The van der Waals surface area contributed by atoms with Crippen LogP contribution in [0.5, 0.6) is 0 Å². The first-order valence-electron chi connectivity index (χ1n) is 6.96. The minimum Gasteiger partial charge on any atom is -0.368 e. The molecule has 1 fully saturated rings. The molecule has 0 unspecified atom stereocenters. The summed E-state index contributed by atoms with van der Waals surface area (Å²) in [5.74, 6) is -0.212. The van der Waals surface area contributed by atoms with Crippen molar-refractivity contribution in [1.82, 2.24) is 5.32 Å². The van der Waals surface area contributed by atoms with E-state index in [-0.39, 0.29) is 5.56 Å². The van der Waals surface area contributed by atoms with Gasteiger partial charge in [-0.15, -0.1) is 0 Å². The van der Waals surface area contributed by atoms with Crippen LogP contribution < -0.4 is 11.1 Å². The van der Waals surface area contributed by atoms with Crippen molar-refractivity contribution >= 4 is 5.91 Å². The first kappa shape index (κ1) is 15.8. The van der Waals surface area contributed by atoms with Crippen LogP contribution in [-0.2, 0) is 16.5 Å². The van der Waals surface area contributed by atoms with Gasteiger partial charge in [0.1, 0.15) is 5.54 Å². The fourth-order valence-corrected chi connectivity index (χ4v) is 2.38. The molecule has 1 aromatic rings. The fourth-order valence-electron chi connectivity index (χ4n) is 2.38. The Morgan fingerprint density at radius 1 is 1.33 bits per heavy atom. The first-order chi connectivity index (χ1) is 9.73. The number of rotatable bonds is 5. The van der Waals surface area contributed by atoms with Crippen molar-refractivity contribution in [3.8, 4) is 0 Å². The van der Waals surface area contributed by atoms with E-state index in [9.17, 15) is 18.0 Å². The third-order valence-electron chi connectivity index (χ3n) is 4.23. The van der Waals surface area contributed by atoms with E-state index in [0.29, 0.717) is 12.5 Å². The van der Waals surface area contributed by atoms with Crippen LogP contribution in [0.3, 0.4) is 0 Å². The molecule has 6 heteroatoms. The van der Waals surface area contributed by atoms with Crippen LogP contribution in [0.4, 0.5) is 13.2 Å². The van der Waals surface area contributed by atoms with E-state index >= 15 is 0 Å². The molecule has 0 spiro atoms. The van der Waals surface area contributed by atoms with Gasteiger partial charge in [-0.25, -0.2) is 0 Å². The number of nitrogens with two attached hydrogens (primary N) is 1. The Kier molecular flexibility index (Phi) is 4.27. The summed E-state index contributed by atoms with van der Waals surface area (Å²) in [6.45, 7) is 2.11. The number of carbonyl (C=O) groups is 1. The van der Waals surface area contributed by atoms with Crippen molar-refractivity contribution in [3.05, 3.63) is 35.4 Å². The molecule has 1 amide bonds. The van der Waals surface area contributed by atoms with Crippen LogP contribution in [0.2, 0.25) is 0 Å². The number of benzene rings is 1. The minimum absolute atomic E-state index is 0.240. The Bertz CT molecular complexity index is 526. The molecule has 0 saturated heterocycles. The summed E-state index contributed by atoms with van der Waals surface area (Å²) in [5, 5.41) is 3.05.